The second-order valence-corrected chi connectivity index (χ2v) is 6.64. The molecule has 0 N–H and O–H groups in total. The molecule has 26 heavy (non-hydrogen) atoms. The van der Waals surface area contributed by atoms with Crippen LogP contribution in [0.1, 0.15) is 5.56 Å². The van der Waals surface area contributed by atoms with Gasteiger partial charge in [-0.3, -0.25) is 0 Å². The summed E-state index contributed by atoms with van der Waals surface area (Å²) in [4.78, 5) is 0. The van der Waals surface area contributed by atoms with Crippen LogP contribution in [0.5, 0.6) is 0 Å². The van der Waals surface area contributed by atoms with E-state index in [0.717, 1.165) is 21.7 Å². The lowest BCUT2D eigenvalue weighted by molar-refractivity contribution is 0.525. The number of rotatable bonds is 0. The van der Waals surface area contributed by atoms with E-state index in [9.17, 15) is 13.2 Å². The smallest absolute Gasteiger partial charge is 0.167 e. The monoisotopic (exact) mass is 346 g/mol. The highest BCUT2D eigenvalue weighted by Gasteiger charge is 2.19. The maximum absolute atomic E-state index is 14.8. The quantitative estimate of drug-likeness (QED) is 0.264. The number of benzene rings is 5. The van der Waals surface area contributed by atoms with Crippen molar-refractivity contribution in [2.45, 2.75) is 6.92 Å². The van der Waals surface area contributed by atoms with Crippen LogP contribution in [0, 0.1) is 24.4 Å². The van der Waals surface area contributed by atoms with Crippen molar-refractivity contribution < 1.29 is 13.2 Å². The lowest BCUT2D eigenvalue weighted by Crippen LogP contribution is -1.94. The van der Waals surface area contributed by atoms with Crippen LogP contribution in [-0.2, 0) is 0 Å². The van der Waals surface area contributed by atoms with E-state index in [-0.39, 0.29) is 10.8 Å². The number of aryl methyl sites for hydroxylation is 1. The molecule has 5 aromatic rings. The summed E-state index contributed by atoms with van der Waals surface area (Å²) < 4.78 is 43.6. The van der Waals surface area contributed by atoms with Gasteiger partial charge in [-0.05, 0) is 46.2 Å². The van der Waals surface area contributed by atoms with Crippen molar-refractivity contribution >= 4 is 43.1 Å². The highest BCUT2D eigenvalue weighted by Crippen LogP contribution is 2.40. The normalized spacial score (nSPS) is 11.8. The molecular weight excluding hydrogens is 333 g/mol. The molecule has 0 aromatic heterocycles. The minimum Gasteiger partial charge on any atom is -0.207 e. The molecule has 0 nitrogen and oxygen atoms in total. The molecule has 5 aromatic carbocycles. The summed E-state index contributed by atoms with van der Waals surface area (Å²) >= 11 is 0. The SMILES string of the molecule is Cc1cccc2ccc3c(F)c(F)c4ccc5ccc(F)cc5c4c3c12. The van der Waals surface area contributed by atoms with Crippen LogP contribution in [0.2, 0.25) is 0 Å². The predicted molar refractivity (Wildman–Crippen MR) is 101 cm³/mol. The van der Waals surface area contributed by atoms with Crippen LogP contribution in [0.4, 0.5) is 13.2 Å². The van der Waals surface area contributed by atoms with E-state index in [1.165, 1.54) is 12.1 Å². The van der Waals surface area contributed by atoms with E-state index in [0.29, 0.717) is 16.2 Å². The fourth-order valence-corrected chi connectivity index (χ4v) is 3.99. The van der Waals surface area contributed by atoms with E-state index in [1.54, 1.807) is 30.3 Å². The van der Waals surface area contributed by atoms with Crippen LogP contribution in [0.15, 0.2) is 60.7 Å². The second kappa shape index (κ2) is 5.21. The molecule has 0 amide bonds. The largest absolute Gasteiger partial charge is 0.207 e. The summed E-state index contributed by atoms with van der Waals surface area (Å²) in [5.41, 5.74) is 0.966. The van der Waals surface area contributed by atoms with Crippen LogP contribution in [0.25, 0.3) is 43.1 Å². The molecule has 0 radical (unpaired) electrons. The molecule has 0 unspecified atom stereocenters. The summed E-state index contributed by atoms with van der Waals surface area (Å²) in [6, 6.07) is 16.9. The lowest BCUT2D eigenvalue weighted by Gasteiger charge is -2.14. The zero-order chi connectivity index (χ0) is 18.0. The third-order valence-electron chi connectivity index (χ3n) is 5.15. The first-order valence-corrected chi connectivity index (χ1v) is 8.37. The molecule has 0 spiro atoms. The van der Waals surface area contributed by atoms with Gasteiger partial charge in [-0.2, -0.15) is 0 Å². The number of hydrogen-bond acceptors (Lipinski definition) is 0. The molecular formula is C23H13F3. The molecule has 0 atom stereocenters. The summed E-state index contributed by atoms with van der Waals surface area (Å²) in [5.74, 6) is -2.17. The molecule has 0 fully saturated rings. The summed E-state index contributed by atoms with van der Waals surface area (Å²) in [5, 5.41) is 4.75. The third kappa shape index (κ3) is 1.91. The van der Waals surface area contributed by atoms with Gasteiger partial charge in [-0.25, -0.2) is 13.2 Å². The molecule has 0 heterocycles. The molecule has 0 saturated carbocycles. The molecule has 126 valence electrons. The van der Waals surface area contributed by atoms with Gasteiger partial charge in [-0.15, -0.1) is 0 Å². The van der Waals surface area contributed by atoms with Gasteiger partial charge in [0.15, 0.2) is 11.6 Å². The topological polar surface area (TPSA) is 0 Å². The van der Waals surface area contributed by atoms with Crippen molar-refractivity contribution in [2.75, 3.05) is 0 Å². The Morgan fingerprint density at radius 1 is 0.577 bits per heavy atom. The van der Waals surface area contributed by atoms with Gasteiger partial charge in [0.25, 0.3) is 0 Å². The summed E-state index contributed by atoms with van der Waals surface area (Å²) in [6.07, 6.45) is 0. The Kier molecular flexibility index (Phi) is 3.05. The van der Waals surface area contributed by atoms with Gasteiger partial charge in [0.05, 0.1) is 0 Å². The van der Waals surface area contributed by atoms with Crippen LogP contribution >= 0.6 is 0 Å². The maximum atomic E-state index is 14.8. The molecule has 0 bridgehead atoms. The van der Waals surface area contributed by atoms with Gasteiger partial charge in [0.2, 0.25) is 0 Å². The summed E-state index contributed by atoms with van der Waals surface area (Å²) in [6.45, 7) is 1.95. The summed E-state index contributed by atoms with van der Waals surface area (Å²) in [7, 11) is 0. The van der Waals surface area contributed by atoms with Crippen molar-refractivity contribution in [3.63, 3.8) is 0 Å². The first-order valence-electron chi connectivity index (χ1n) is 8.37. The van der Waals surface area contributed by atoms with Gasteiger partial charge < -0.3 is 0 Å². The molecule has 0 aliphatic rings. The molecule has 0 aliphatic carbocycles. The Morgan fingerprint density at radius 3 is 2.00 bits per heavy atom. The van der Waals surface area contributed by atoms with E-state index in [1.807, 2.05) is 25.1 Å². The van der Waals surface area contributed by atoms with Gasteiger partial charge in [0, 0.05) is 21.5 Å². The Balaban J connectivity index is 2.24. The van der Waals surface area contributed by atoms with Crippen molar-refractivity contribution in [3.8, 4) is 0 Å². The Bertz CT molecular complexity index is 1370. The van der Waals surface area contributed by atoms with Crippen LogP contribution in [0.3, 0.4) is 0 Å². The highest BCUT2D eigenvalue weighted by molar-refractivity contribution is 6.28. The van der Waals surface area contributed by atoms with Gasteiger partial charge >= 0.3 is 0 Å². The number of fused-ring (bicyclic) bond motifs is 7. The highest BCUT2D eigenvalue weighted by atomic mass is 19.2. The van der Waals surface area contributed by atoms with E-state index in [4.69, 9.17) is 0 Å². The number of halogens is 3. The van der Waals surface area contributed by atoms with Crippen LogP contribution < -0.4 is 0 Å². The molecule has 0 aliphatic heterocycles. The van der Waals surface area contributed by atoms with Gasteiger partial charge in [0.1, 0.15) is 5.82 Å². The fourth-order valence-electron chi connectivity index (χ4n) is 3.99. The first-order chi connectivity index (χ1) is 12.6. The van der Waals surface area contributed by atoms with Crippen molar-refractivity contribution in [2.24, 2.45) is 0 Å². The van der Waals surface area contributed by atoms with E-state index >= 15 is 0 Å². The Hall–Kier alpha value is -3.07. The van der Waals surface area contributed by atoms with Gasteiger partial charge in [-0.1, -0.05) is 48.5 Å². The van der Waals surface area contributed by atoms with E-state index in [2.05, 4.69) is 0 Å². The maximum Gasteiger partial charge on any atom is 0.167 e. The zero-order valence-electron chi connectivity index (χ0n) is 13.9. The second-order valence-electron chi connectivity index (χ2n) is 6.64. The van der Waals surface area contributed by atoms with Crippen molar-refractivity contribution in [1.29, 1.82) is 0 Å². The van der Waals surface area contributed by atoms with Crippen molar-refractivity contribution in [3.05, 3.63) is 83.7 Å². The predicted octanol–water partition coefficient (Wildman–Crippen LogP) is 7.03. The standard InChI is InChI=1S/C23H13F3/c1-12-3-2-4-14-7-10-17-21(19(12)14)20-16(22(25)23(17)26)9-6-13-5-8-15(24)11-18(13)20/h2-11H,1H3. The Morgan fingerprint density at radius 2 is 1.23 bits per heavy atom. The third-order valence-corrected chi connectivity index (χ3v) is 5.15. The minimum atomic E-state index is -0.897. The Labute approximate surface area is 147 Å². The van der Waals surface area contributed by atoms with Crippen LogP contribution in [-0.4, -0.2) is 0 Å². The minimum absolute atomic E-state index is 0.170. The lowest BCUT2D eigenvalue weighted by atomic mass is 9.90. The fraction of sp³-hybridized carbons (Fsp3) is 0.0435. The average molecular weight is 346 g/mol. The van der Waals surface area contributed by atoms with E-state index < -0.39 is 17.5 Å². The zero-order valence-corrected chi connectivity index (χ0v) is 13.9. The average Bonchev–Trinajstić information content (AvgIpc) is 2.64. The molecule has 5 rings (SSSR count). The molecule has 0 saturated heterocycles. The number of hydrogen-bond donors (Lipinski definition) is 0. The first kappa shape index (κ1) is 15.2. The van der Waals surface area contributed by atoms with Crippen molar-refractivity contribution in [1.82, 2.24) is 0 Å². The molecule has 3 heteroatoms.